The zero-order chi connectivity index (χ0) is 20.5. The van der Waals surface area contributed by atoms with Gasteiger partial charge >= 0.3 is 0 Å². The number of morpholine rings is 1. The van der Waals surface area contributed by atoms with Crippen molar-refractivity contribution in [3.63, 3.8) is 0 Å². The van der Waals surface area contributed by atoms with Crippen LogP contribution in [-0.2, 0) is 4.74 Å². The van der Waals surface area contributed by atoms with E-state index in [1.807, 2.05) is 35.7 Å². The zero-order valence-electron chi connectivity index (χ0n) is 15.8. The molecule has 1 aliphatic heterocycles. The highest BCUT2D eigenvalue weighted by Gasteiger charge is 2.27. The molecule has 0 amide bonds. The third-order valence-electron chi connectivity index (χ3n) is 4.38. The number of benzene rings is 2. The van der Waals surface area contributed by atoms with E-state index < -0.39 is 12.0 Å². The number of thiazole rings is 1. The van der Waals surface area contributed by atoms with E-state index >= 15 is 0 Å². The first-order valence-electron chi connectivity index (χ1n) is 9.32. The molecule has 1 saturated heterocycles. The summed E-state index contributed by atoms with van der Waals surface area (Å²) in [5.74, 6) is -0.752. The topological polar surface area (TPSA) is 78.2 Å². The second-order valence-electron chi connectivity index (χ2n) is 6.37. The Kier molecular flexibility index (Phi) is 8.17. The molecule has 2 aromatic carbocycles. The molecular weight excluding hydrogens is 406 g/mol. The Labute approximate surface area is 179 Å². The molecule has 0 aliphatic carbocycles. The van der Waals surface area contributed by atoms with Gasteiger partial charge < -0.3 is 15.2 Å². The lowest BCUT2D eigenvalue weighted by Gasteiger charge is -2.16. The molecule has 2 N–H and O–H groups in total. The van der Waals surface area contributed by atoms with E-state index in [1.54, 1.807) is 24.3 Å². The molecule has 2 heterocycles. The lowest BCUT2D eigenvalue weighted by molar-refractivity contribution is 0.109. The highest BCUT2D eigenvalue weighted by atomic mass is 35.5. The van der Waals surface area contributed by atoms with Crippen LogP contribution < -0.4 is 5.32 Å². The van der Waals surface area contributed by atoms with Gasteiger partial charge in [0.25, 0.3) is 0 Å². The van der Waals surface area contributed by atoms with Crippen LogP contribution in [-0.4, -0.2) is 36.4 Å². The van der Waals surface area contributed by atoms with E-state index in [9.17, 15) is 10.4 Å². The number of hydrogen-bond donors (Lipinski definition) is 2. The van der Waals surface area contributed by atoms with Crippen LogP contribution in [0.4, 0.5) is 0 Å². The van der Waals surface area contributed by atoms with Gasteiger partial charge in [-0.2, -0.15) is 5.26 Å². The van der Waals surface area contributed by atoms with Gasteiger partial charge in [-0.25, -0.2) is 4.98 Å². The zero-order valence-corrected chi connectivity index (χ0v) is 17.4. The Hall–Kier alpha value is -2.27. The molecular formula is C22H22ClN3O2S. The summed E-state index contributed by atoms with van der Waals surface area (Å²) in [5, 5.41) is 26.1. The number of rotatable bonds is 4. The first-order valence-corrected chi connectivity index (χ1v) is 10.6. The normalized spacial score (nSPS) is 15.5. The van der Waals surface area contributed by atoms with Gasteiger partial charge in [-0.05, 0) is 6.07 Å². The Balaban J connectivity index is 0.000000343. The van der Waals surface area contributed by atoms with Gasteiger partial charge in [0.15, 0.2) is 0 Å². The molecule has 150 valence electrons. The number of hydrogen-bond acceptors (Lipinski definition) is 6. The summed E-state index contributed by atoms with van der Waals surface area (Å²) in [6.45, 7) is 3.83. The Morgan fingerprint density at radius 1 is 1.10 bits per heavy atom. The van der Waals surface area contributed by atoms with Gasteiger partial charge in [0.05, 0.1) is 25.0 Å². The van der Waals surface area contributed by atoms with Gasteiger partial charge in [0.1, 0.15) is 17.0 Å². The molecule has 0 bridgehead atoms. The van der Waals surface area contributed by atoms with Crippen molar-refractivity contribution < 1.29 is 9.84 Å². The van der Waals surface area contributed by atoms with Gasteiger partial charge in [0.2, 0.25) is 0 Å². The van der Waals surface area contributed by atoms with Crippen molar-refractivity contribution in [2.45, 2.75) is 12.0 Å². The molecule has 1 fully saturated rings. The number of aromatic nitrogens is 1. The smallest absolute Gasteiger partial charge is 0.128 e. The molecule has 0 spiro atoms. The summed E-state index contributed by atoms with van der Waals surface area (Å²) in [7, 11) is 0. The first kappa shape index (κ1) is 21.4. The third kappa shape index (κ3) is 5.86. The Morgan fingerprint density at radius 3 is 2.38 bits per heavy atom. The molecule has 1 aromatic heterocycles. The van der Waals surface area contributed by atoms with Gasteiger partial charge in [0, 0.05) is 34.6 Å². The first-order chi connectivity index (χ1) is 14.2. The highest BCUT2D eigenvalue weighted by Crippen LogP contribution is 2.36. The number of halogens is 1. The Morgan fingerprint density at radius 2 is 1.79 bits per heavy atom. The molecule has 0 radical (unpaired) electrons. The number of aliphatic hydroxyl groups is 1. The van der Waals surface area contributed by atoms with E-state index in [-0.39, 0.29) is 0 Å². The van der Waals surface area contributed by atoms with Crippen LogP contribution in [0.2, 0.25) is 5.02 Å². The fourth-order valence-corrected chi connectivity index (χ4v) is 3.99. The average molecular weight is 428 g/mol. The van der Waals surface area contributed by atoms with Crippen molar-refractivity contribution in [3.05, 3.63) is 75.6 Å². The minimum atomic E-state index is -1.01. The molecule has 1 aliphatic rings. The summed E-state index contributed by atoms with van der Waals surface area (Å²) in [6.07, 6.45) is -1.01. The van der Waals surface area contributed by atoms with Crippen LogP contribution in [0, 0.1) is 11.3 Å². The van der Waals surface area contributed by atoms with Gasteiger partial charge in [-0.1, -0.05) is 60.1 Å². The van der Waals surface area contributed by atoms with Gasteiger partial charge in [-0.3, -0.25) is 0 Å². The number of nitriles is 1. The molecule has 4 rings (SSSR count). The van der Waals surface area contributed by atoms with E-state index in [0.29, 0.717) is 15.6 Å². The van der Waals surface area contributed by atoms with E-state index in [2.05, 4.69) is 16.4 Å². The van der Waals surface area contributed by atoms with E-state index in [4.69, 9.17) is 16.3 Å². The van der Waals surface area contributed by atoms with Crippen molar-refractivity contribution in [1.29, 1.82) is 5.26 Å². The van der Waals surface area contributed by atoms with Crippen LogP contribution in [0.3, 0.4) is 0 Å². The average Bonchev–Trinajstić information content (AvgIpc) is 3.27. The molecule has 0 saturated carbocycles. The van der Waals surface area contributed by atoms with Crippen molar-refractivity contribution in [2.75, 3.05) is 26.3 Å². The van der Waals surface area contributed by atoms with Crippen molar-refractivity contribution in [2.24, 2.45) is 0 Å². The Bertz CT molecular complexity index is 927. The largest absolute Gasteiger partial charge is 0.387 e. The predicted octanol–water partition coefficient (Wildman–Crippen LogP) is 4.41. The van der Waals surface area contributed by atoms with E-state index in [0.717, 1.165) is 37.6 Å². The number of aliphatic hydroxyl groups excluding tert-OH is 1. The lowest BCUT2D eigenvalue weighted by atomic mass is 9.97. The van der Waals surface area contributed by atoms with Crippen molar-refractivity contribution >= 4 is 22.9 Å². The molecule has 5 nitrogen and oxygen atoms in total. The van der Waals surface area contributed by atoms with Crippen LogP contribution in [0.15, 0.2) is 60.0 Å². The summed E-state index contributed by atoms with van der Waals surface area (Å²) in [4.78, 5) is 4.52. The lowest BCUT2D eigenvalue weighted by Crippen LogP contribution is -2.30. The molecule has 29 heavy (non-hydrogen) atoms. The second-order valence-corrected chi connectivity index (χ2v) is 7.67. The van der Waals surface area contributed by atoms with Crippen LogP contribution in [0.5, 0.6) is 0 Å². The molecule has 3 aromatic rings. The SMILES string of the molecule is C1COCCN1.N#CC(c1nc(-c2ccccc2)cs1)C(O)c1ccccc1Cl. The summed E-state index contributed by atoms with van der Waals surface area (Å²) in [6, 6.07) is 18.9. The van der Waals surface area contributed by atoms with Crippen molar-refractivity contribution in [1.82, 2.24) is 10.3 Å². The van der Waals surface area contributed by atoms with Gasteiger partial charge in [-0.15, -0.1) is 11.3 Å². The van der Waals surface area contributed by atoms with Crippen LogP contribution >= 0.6 is 22.9 Å². The monoisotopic (exact) mass is 427 g/mol. The van der Waals surface area contributed by atoms with Crippen LogP contribution in [0.1, 0.15) is 22.6 Å². The maximum Gasteiger partial charge on any atom is 0.128 e. The highest BCUT2D eigenvalue weighted by molar-refractivity contribution is 7.10. The summed E-state index contributed by atoms with van der Waals surface area (Å²) >= 11 is 7.49. The van der Waals surface area contributed by atoms with Crippen LogP contribution in [0.25, 0.3) is 11.3 Å². The number of ether oxygens (including phenoxy) is 1. The molecule has 7 heteroatoms. The minimum absolute atomic E-state index is 0.445. The molecule has 2 atom stereocenters. The number of nitrogens with zero attached hydrogens (tertiary/aromatic N) is 2. The number of nitrogens with one attached hydrogen (secondary N) is 1. The fraction of sp³-hybridized carbons (Fsp3) is 0.273. The summed E-state index contributed by atoms with van der Waals surface area (Å²) in [5.41, 5.74) is 2.33. The fourth-order valence-electron chi connectivity index (χ4n) is 2.84. The molecule has 2 unspecified atom stereocenters. The van der Waals surface area contributed by atoms with E-state index in [1.165, 1.54) is 11.3 Å². The summed E-state index contributed by atoms with van der Waals surface area (Å²) < 4.78 is 5.01. The third-order valence-corrected chi connectivity index (χ3v) is 5.65. The standard InChI is InChI=1S/C18H13ClN2OS.C4H9NO/c19-15-9-5-4-8-13(15)17(22)14(10-20)18-21-16(11-23-18)12-6-2-1-3-7-12;1-3-6-4-2-5-1/h1-9,11,14,17,22H;5H,1-4H2. The predicted molar refractivity (Wildman–Crippen MR) is 116 cm³/mol. The maximum absolute atomic E-state index is 10.6. The minimum Gasteiger partial charge on any atom is -0.387 e. The van der Waals surface area contributed by atoms with Crippen molar-refractivity contribution in [3.8, 4) is 17.3 Å². The maximum atomic E-state index is 10.6. The second kappa shape index (κ2) is 11.1. The quantitative estimate of drug-likeness (QED) is 0.644.